The van der Waals surface area contributed by atoms with Crippen LogP contribution in [0.25, 0.3) is 0 Å². The van der Waals surface area contributed by atoms with Gasteiger partial charge < -0.3 is 5.11 Å². The molecule has 1 saturated carbocycles. The molecule has 1 aliphatic rings. The van der Waals surface area contributed by atoms with E-state index in [1.807, 2.05) is 6.92 Å². The van der Waals surface area contributed by atoms with Gasteiger partial charge in [0.2, 0.25) is 0 Å². The molecule has 0 aliphatic heterocycles. The average molecular weight is 156 g/mol. The second-order valence-corrected chi connectivity index (χ2v) is 4.09. The van der Waals surface area contributed by atoms with E-state index in [-0.39, 0.29) is 5.60 Å². The monoisotopic (exact) mass is 156 g/mol. The second kappa shape index (κ2) is 3.57. The third-order valence-corrected chi connectivity index (χ3v) is 3.00. The summed E-state index contributed by atoms with van der Waals surface area (Å²) in [6.45, 7) is 4.21. The summed E-state index contributed by atoms with van der Waals surface area (Å²) in [5.41, 5.74) is -0.353. The number of hydrogen-bond acceptors (Lipinski definition) is 1. The normalized spacial score (nSPS) is 39.0. The molecule has 0 aromatic heterocycles. The van der Waals surface area contributed by atoms with Gasteiger partial charge in [0.05, 0.1) is 5.60 Å². The quantitative estimate of drug-likeness (QED) is 0.651. The zero-order chi connectivity index (χ0) is 8.32. The van der Waals surface area contributed by atoms with Gasteiger partial charge in [-0.1, -0.05) is 26.2 Å². The summed E-state index contributed by atoms with van der Waals surface area (Å²) in [6.07, 6.45) is 7.19. The molecular weight excluding hydrogens is 136 g/mol. The largest absolute Gasteiger partial charge is 0.390 e. The minimum atomic E-state index is -0.353. The van der Waals surface area contributed by atoms with Gasteiger partial charge in [0.15, 0.2) is 0 Å². The second-order valence-electron chi connectivity index (χ2n) is 4.09. The maximum Gasteiger partial charge on any atom is 0.0647 e. The zero-order valence-electron chi connectivity index (χ0n) is 7.77. The van der Waals surface area contributed by atoms with Gasteiger partial charge in [-0.3, -0.25) is 0 Å². The van der Waals surface area contributed by atoms with Gasteiger partial charge in [0.25, 0.3) is 0 Å². The molecule has 66 valence electrons. The summed E-state index contributed by atoms with van der Waals surface area (Å²) in [4.78, 5) is 0. The minimum absolute atomic E-state index is 0.353. The molecule has 0 spiro atoms. The molecule has 0 aromatic carbocycles. The molecule has 0 saturated heterocycles. The van der Waals surface area contributed by atoms with Crippen LogP contribution >= 0.6 is 0 Å². The maximum atomic E-state index is 9.97. The third kappa shape index (κ3) is 2.19. The van der Waals surface area contributed by atoms with Crippen LogP contribution in [-0.2, 0) is 0 Å². The third-order valence-electron chi connectivity index (χ3n) is 3.00. The number of hydrogen-bond donors (Lipinski definition) is 1. The van der Waals surface area contributed by atoms with E-state index in [2.05, 4.69) is 6.92 Å². The van der Waals surface area contributed by atoms with E-state index in [9.17, 15) is 5.11 Å². The lowest BCUT2D eigenvalue weighted by Gasteiger charge is -2.37. The van der Waals surface area contributed by atoms with E-state index in [1.54, 1.807) is 0 Å². The molecule has 0 unspecified atom stereocenters. The Kier molecular flexibility index (Phi) is 2.94. The van der Waals surface area contributed by atoms with Gasteiger partial charge >= 0.3 is 0 Å². The number of aliphatic hydroxyl groups is 1. The van der Waals surface area contributed by atoms with Crippen molar-refractivity contribution in [2.45, 2.75) is 58.0 Å². The molecule has 1 nitrogen and oxygen atoms in total. The van der Waals surface area contributed by atoms with E-state index >= 15 is 0 Å². The fourth-order valence-electron chi connectivity index (χ4n) is 2.19. The highest BCUT2D eigenvalue weighted by molar-refractivity contribution is 4.85. The molecule has 1 aliphatic carbocycles. The fourth-order valence-corrected chi connectivity index (χ4v) is 2.19. The Labute approximate surface area is 69.8 Å². The molecule has 11 heavy (non-hydrogen) atoms. The van der Waals surface area contributed by atoms with E-state index in [0.29, 0.717) is 5.92 Å². The van der Waals surface area contributed by atoms with Gasteiger partial charge in [-0.05, 0) is 32.1 Å². The molecule has 1 fully saturated rings. The van der Waals surface area contributed by atoms with Crippen molar-refractivity contribution in [3.8, 4) is 0 Å². The van der Waals surface area contributed by atoms with Gasteiger partial charge in [-0.2, -0.15) is 0 Å². The van der Waals surface area contributed by atoms with Crippen LogP contribution in [0.4, 0.5) is 0 Å². The Morgan fingerprint density at radius 1 is 1.45 bits per heavy atom. The van der Waals surface area contributed by atoms with Crippen molar-refractivity contribution in [2.24, 2.45) is 5.92 Å². The molecular formula is C10H20O. The molecule has 1 N–H and O–H groups in total. The topological polar surface area (TPSA) is 20.2 Å². The number of rotatable bonds is 2. The zero-order valence-corrected chi connectivity index (χ0v) is 7.77. The van der Waals surface area contributed by atoms with Crippen LogP contribution in [0.1, 0.15) is 52.4 Å². The first-order valence-electron chi connectivity index (χ1n) is 4.89. The first kappa shape index (κ1) is 9.05. The SMILES string of the molecule is CCC[C@H]1CCCC[C@]1(C)O. The fraction of sp³-hybridized carbons (Fsp3) is 1.00. The molecule has 0 bridgehead atoms. The van der Waals surface area contributed by atoms with Crippen LogP contribution in [0.5, 0.6) is 0 Å². The molecule has 0 aromatic rings. The highest BCUT2D eigenvalue weighted by Crippen LogP contribution is 2.35. The summed E-state index contributed by atoms with van der Waals surface area (Å²) in [6, 6.07) is 0. The molecule has 0 heterocycles. The van der Waals surface area contributed by atoms with Crippen molar-refractivity contribution in [2.75, 3.05) is 0 Å². The van der Waals surface area contributed by atoms with Crippen LogP contribution in [0.3, 0.4) is 0 Å². The lowest BCUT2D eigenvalue weighted by atomic mass is 9.74. The molecule has 0 radical (unpaired) electrons. The standard InChI is InChI=1S/C10H20O/c1-3-6-9-7-4-5-8-10(9,2)11/h9,11H,3-8H2,1-2H3/t9-,10-/m0/s1. The molecule has 1 rings (SSSR count). The van der Waals surface area contributed by atoms with Crippen molar-refractivity contribution >= 4 is 0 Å². The Morgan fingerprint density at radius 2 is 2.18 bits per heavy atom. The Bertz CT molecular complexity index is 116. The summed E-state index contributed by atoms with van der Waals surface area (Å²) in [7, 11) is 0. The van der Waals surface area contributed by atoms with Crippen LogP contribution in [0.2, 0.25) is 0 Å². The maximum absolute atomic E-state index is 9.97. The highest BCUT2D eigenvalue weighted by atomic mass is 16.3. The van der Waals surface area contributed by atoms with E-state index in [4.69, 9.17) is 0 Å². The molecule has 1 heteroatoms. The molecule has 2 atom stereocenters. The molecule has 0 amide bonds. The minimum Gasteiger partial charge on any atom is -0.390 e. The Hall–Kier alpha value is -0.0400. The van der Waals surface area contributed by atoms with Crippen LogP contribution in [-0.4, -0.2) is 10.7 Å². The smallest absolute Gasteiger partial charge is 0.0647 e. The summed E-state index contributed by atoms with van der Waals surface area (Å²) >= 11 is 0. The lowest BCUT2D eigenvalue weighted by Crippen LogP contribution is -2.37. The van der Waals surface area contributed by atoms with Gasteiger partial charge in [-0.25, -0.2) is 0 Å². The summed E-state index contributed by atoms with van der Waals surface area (Å²) < 4.78 is 0. The van der Waals surface area contributed by atoms with Crippen LogP contribution in [0.15, 0.2) is 0 Å². The van der Waals surface area contributed by atoms with Crippen molar-refractivity contribution < 1.29 is 5.11 Å². The van der Waals surface area contributed by atoms with Crippen molar-refractivity contribution in [1.29, 1.82) is 0 Å². The first-order chi connectivity index (χ1) is 5.17. The van der Waals surface area contributed by atoms with Gasteiger partial charge in [-0.15, -0.1) is 0 Å². The van der Waals surface area contributed by atoms with E-state index < -0.39 is 0 Å². The Morgan fingerprint density at radius 3 is 2.73 bits per heavy atom. The first-order valence-corrected chi connectivity index (χ1v) is 4.89. The van der Waals surface area contributed by atoms with Gasteiger partial charge in [0, 0.05) is 0 Å². The predicted octanol–water partition coefficient (Wildman–Crippen LogP) is 2.73. The Balaban J connectivity index is 2.45. The van der Waals surface area contributed by atoms with E-state index in [0.717, 1.165) is 6.42 Å². The van der Waals surface area contributed by atoms with Crippen molar-refractivity contribution in [1.82, 2.24) is 0 Å². The summed E-state index contributed by atoms with van der Waals surface area (Å²) in [5, 5.41) is 9.97. The van der Waals surface area contributed by atoms with Crippen LogP contribution < -0.4 is 0 Å². The average Bonchev–Trinajstić information content (AvgIpc) is 1.94. The van der Waals surface area contributed by atoms with Crippen LogP contribution in [0, 0.1) is 5.92 Å². The lowest BCUT2D eigenvalue weighted by molar-refractivity contribution is -0.0351. The highest BCUT2D eigenvalue weighted by Gasteiger charge is 2.33. The van der Waals surface area contributed by atoms with Crippen molar-refractivity contribution in [3.63, 3.8) is 0 Å². The summed E-state index contributed by atoms with van der Waals surface area (Å²) in [5.74, 6) is 0.571. The van der Waals surface area contributed by atoms with Crippen molar-refractivity contribution in [3.05, 3.63) is 0 Å². The predicted molar refractivity (Wildman–Crippen MR) is 47.5 cm³/mol. The van der Waals surface area contributed by atoms with E-state index in [1.165, 1.54) is 32.1 Å². The van der Waals surface area contributed by atoms with Gasteiger partial charge in [0.1, 0.15) is 0 Å².